The van der Waals surface area contributed by atoms with Gasteiger partial charge < -0.3 is 14.6 Å². The number of imidazole rings is 1. The standard InChI is InChI=1S/C16H18ClN5O/c1-10(2)22-9-19-13-14(20-16(17)21-15(13)22)18-8-11-4-6-12(23-3)7-5-11/h4-7,9-10H,8H2,1-3H3,(H,18,20,21). The first-order valence-corrected chi connectivity index (χ1v) is 7.73. The highest BCUT2D eigenvalue weighted by atomic mass is 35.5. The molecule has 0 saturated heterocycles. The van der Waals surface area contributed by atoms with Gasteiger partial charge in [-0.3, -0.25) is 0 Å². The number of nitrogens with zero attached hydrogens (tertiary/aromatic N) is 4. The fourth-order valence-corrected chi connectivity index (χ4v) is 2.48. The van der Waals surface area contributed by atoms with Crippen LogP contribution in [0.25, 0.3) is 11.2 Å². The molecule has 0 aliphatic rings. The first kappa shape index (κ1) is 15.6. The minimum Gasteiger partial charge on any atom is -0.497 e. The zero-order valence-corrected chi connectivity index (χ0v) is 14.0. The molecule has 0 radical (unpaired) electrons. The molecule has 2 heterocycles. The van der Waals surface area contributed by atoms with Gasteiger partial charge in [0, 0.05) is 12.6 Å². The predicted octanol–water partition coefficient (Wildman–Crippen LogP) is 3.68. The second kappa shape index (κ2) is 6.42. The molecule has 0 spiro atoms. The van der Waals surface area contributed by atoms with Crippen LogP contribution in [0.4, 0.5) is 5.82 Å². The number of halogens is 1. The number of ether oxygens (including phenoxy) is 1. The summed E-state index contributed by atoms with van der Waals surface area (Å²) in [5, 5.41) is 3.49. The van der Waals surface area contributed by atoms with Crippen LogP contribution in [0.2, 0.25) is 5.28 Å². The number of rotatable bonds is 5. The Morgan fingerprint density at radius 3 is 2.61 bits per heavy atom. The Morgan fingerprint density at radius 1 is 1.22 bits per heavy atom. The highest BCUT2D eigenvalue weighted by Crippen LogP contribution is 2.23. The first-order valence-electron chi connectivity index (χ1n) is 7.35. The summed E-state index contributed by atoms with van der Waals surface area (Å²) in [6.07, 6.45) is 1.76. The fraction of sp³-hybridized carbons (Fsp3) is 0.312. The maximum atomic E-state index is 6.06. The van der Waals surface area contributed by atoms with Crippen molar-refractivity contribution >= 4 is 28.6 Å². The van der Waals surface area contributed by atoms with Crippen molar-refractivity contribution in [3.8, 4) is 5.75 Å². The number of methoxy groups -OCH3 is 1. The average Bonchev–Trinajstić information content (AvgIpc) is 2.97. The quantitative estimate of drug-likeness (QED) is 0.722. The molecule has 7 heteroatoms. The molecule has 6 nitrogen and oxygen atoms in total. The average molecular weight is 332 g/mol. The predicted molar refractivity (Wildman–Crippen MR) is 91.0 cm³/mol. The summed E-state index contributed by atoms with van der Waals surface area (Å²) in [6.45, 7) is 4.75. The molecule has 120 valence electrons. The van der Waals surface area contributed by atoms with Crippen molar-refractivity contribution in [2.45, 2.75) is 26.4 Å². The van der Waals surface area contributed by atoms with Crippen molar-refractivity contribution in [1.29, 1.82) is 0 Å². The third kappa shape index (κ3) is 3.22. The van der Waals surface area contributed by atoms with Gasteiger partial charge in [0.05, 0.1) is 13.4 Å². The fourth-order valence-electron chi connectivity index (χ4n) is 2.32. The SMILES string of the molecule is COc1ccc(CNc2nc(Cl)nc3c2ncn3C(C)C)cc1. The van der Waals surface area contributed by atoms with Gasteiger partial charge in [-0.05, 0) is 43.1 Å². The summed E-state index contributed by atoms with van der Waals surface area (Å²) in [7, 11) is 1.65. The molecule has 23 heavy (non-hydrogen) atoms. The maximum Gasteiger partial charge on any atom is 0.226 e. The number of fused-ring (bicyclic) bond motifs is 1. The minimum atomic E-state index is 0.206. The van der Waals surface area contributed by atoms with Crippen LogP contribution in [0.5, 0.6) is 5.75 Å². The summed E-state index contributed by atoms with van der Waals surface area (Å²) in [6, 6.07) is 8.09. The van der Waals surface area contributed by atoms with E-state index in [-0.39, 0.29) is 11.3 Å². The molecule has 1 N–H and O–H groups in total. The van der Waals surface area contributed by atoms with Crippen molar-refractivity contribution < 1.29 is 4.74 Å². The van der Waals surface area contributed by atoms with Crippen LogP contribution >= 0.6 is 11.6 Å². The monoisotopic (exact) mass is 331 g/mol. The van der Waals surface area contributed by atoms with Crippen molar-refractivity contribution in [3.63, 3.8) is 0 Å². The summed E-state index contributed by atoms with van der Waals surface area (Å²) >= 11 is 6.06. The van der Waals surface area contributed by atoms with Crippen molar-refractivity contribution in [2.24, 2.45) is 0 Å². The lowest BCUT2D eigenvalue weighted by Gasteiger charge is -2.09. The first-order chi connectivity index (χ1) is 11.1. The second-order valence-corrected chi connectivity index (χ2v) is 5.80. The van der Waals surface area contributed by atoms with Gasteiger partial charge in [0.2, 0.25) is 5.28 Å². The molecule has 0 aliphatic heterocycles. The Hall–Kier alpha value is -2.34. The Labute approximate surface area is 139 Å². The molecular formula is C16H18ClN5O. The van der Waals surface area contributed by atoms with Crippen LogP contribution in [-0.4, -0.2) is 26.6 Å². The van der Waals surface area contributed by atoms with Crippen LogP contribution in [0, 0.1) is 0 Å². The number of hydrogen-bond donors (Lipinski definition) is 1. The zero-order valence-electron chi connectivity index (χ0n) is 13.2. The Bertz CT molecular complexity index is 813. The van der Waals surface area contributed by atoms with E-state index in [1.807, 2.05) is 28.8 Å². The van der Waals surface area contributed by atoms with E-state index in [1.165, 1.54) is 0 Å². The molecule has 0 fully saturated rings. The topological polar surface area (TPSA) is 64.9 Å². The minimum absolute atomic E-state index is 0.206. The van der Waals surface area contributed by atoms with Gasteiger partial charge in [-0.2, -0.15) is 9.97 Å². The smallest absolute Gasteiger partial charge is 0.226 e. The normalized spacial score (nSPS) is 11.2. The Balaban J connectivity index is 1.87. The molecule has 3 rings (SSSR count). The van der Waals surface area contributed by atoms with Crippen molar-refractivity contribution in [1.82, 2.24) is 19.5 Å². The van der Waals surface area contributed by atoms with E-state index in [9.17, 15) is 0 Å². The van der Waals surface area contributed by atoms with Gasteiger partial charge in [0.25, 0.3) is 0 Å². The zero-order chi connectivity index (χ0) is 16.4. The van der Waals surface area contributed by atoms with E-state index in [4.69, 9.17) is 16.3 Å². The van der Waals surface area contributed by atoms with Gasteiger partial charge in [0.1, 0.15) is 5.75 Å². The maximum absolute atomic E-state index is 6.06. The molecule has 0 bridgehead atoms. The highest BCUT2D eigenvalue weighted by molar-refractivity contribution is 6.28. The number of aromatic nitrogens is 4. The number of hydrogen-bond acceptors (Lipinski definition) is 5. The lowest BCUT2D eigenvalue weighted by atomic mass is 10.2. The largest absolute Gasteiger partial charge is 0.497 e. The lowest BCUT2D eigenvalue weighted by Crippen LogP contribution is -2.05. The lowest BCUT2D eigenvalue weighted by molar-refractivity contribution is 0.414. The van der Waals surface area contributed by atoms with Crippen LogP contribution in [0.3, 0.4) is 0 Å². The van der Waals surface area contributed by atoms with Crippen LogP contribution in [0.1, 0.15) is 25.5 Å². The highest BCUT2D eigenvalue weighted by Gasteiger charge is 2.13. The molecule has 3 aromatic rings. The van der Waals surface area contributed by atoms with E-state index >= 15 is 0 Å². The molecule has 0 unspecified atom stereocenters. The Kier molecular flexibility index (Phi) is 4.34. The van der Waals surface area contributed by atoms with E-state index in [0.717, 1.165) is 22.5 Å². The molecule has 0 aliphatic carbocycles. The van der Waals surface area contributed by atoms with Crippen molar-refractivity contribution in [2.75, 3.05) is 12.4 Å². The molecular weight excluding hydrogens is 314 g/mol. The van der Waals surface area contributed by atoms with Gasteiger partial charge in [-0.1, -0.05) is 12.1 Å². The molecule has 2 aromatic heterocycles. The number of nitrogens with one attached hydrogen (secondary N) is 1. The number of anilines is 1. The van der Waals surface area contributed by atoms with Crippen LogP contribution in [-0.2, 0) is 6.54 Å². The van der Waals surface area contributed by atoms with Crippen LogP contribution < -0.4 is 10.1 Å². The van der Waals surface area contributed by atoms with Gasteiger partial charge in [0.15, 0.2) is 17.0 Å². The van der Waals surface area contributed by atoms with Crippen LogP contribution in [0.15, 0.2) is 30.6 Å². The third-order valence-corrected chi connectivity index (χ3v) is 3.74. The summed E-state index contributed by atoms with van der Waals surface area (Å²) < 4.78 is 7.13. The van der Waals surface area contributed by atoms with E-state index < -0.39 is 0 Å². The second-order valence-electron chi connectivity index (χ2n) is 5.46. The Morgan fingerprint density at radius 2 is 1.96 bits per heavy atom. The van der Waals surface area contributed by atoms with E-state index in [1.54, 1.807) is 13.4 Å². The summed E-state index contributed by atoms with van der Waals surface area (Å²) in [4.78, 5) is 13.0. The molecule has 1 aromatic carbocycles. The molecule has 0 saturated carbocycles. The summed E-state index contributed by atoms with van der Waals surface area (Å²) in [5.74, 6) is 1.46. The van der Waals surface area contributed by atoms with Gasteiger partial charge >= 0.3 is 0 Å². The molecule has 0 atom stereocenters. The van der Waals surface area contributed by atoms with Crippen molar-refractivity contribution in [3.05, 3.63) is 41.4 Å². The van der Waals surface area contributed by atoms with E-state index in [2.05, 4.69) is 34.1 Å². The van der Waals surface area contributed by atoms with Gasteiger partial charge in [-0.25, -0.2) is 4.98 Å². The third-order valence-electron chi connectivity index (χ3n) is 3.57. The number of benzene rings is 1. The summed E-state index contributed by atoms with van der Waals surface area (Å²) in [5.41, 5.74) is 2.56. The molecule has 0 amide bonds. The van der Waals surface area contributed by atoms with Gasteiger partial charge in [-0.15, -0.1) is 0 Å². The van der Waals surface area contributed by atoms with E-state index in [0.29, 0.717) is 12.4 Å².